The Bertz CT molecular complexity index is 1080. The first-order chi connectivity index (χ1) is 13.4. The van der Waals surface area contributed by atoms with Crippen molar-refractivity contribution < 1.29 is 9.53 Å². The Labute approximate surface area is 167 Å². The lowest BCUT2D eigenvalue weighted by Gasteiger charge is -2.17. The number of nitrogens with one attached hydrogen (secondary N) is 1. The van der Waals surface area contributed by atoms with Crippen LogP contribution in [0.2, 0.25) is 0 Å². The van der Waals surface area contributed by atoms with Gasteiger partial charge in [0.15, 0.2) is 11.9 Å². The quantitative estimate of drug-likeness (QED) is 0.669. The van der Waals surface area contributed by atoms with E-state index in [0.717, 1.165) is 40.8 Å². The second-order valence-corrected chi connectivity index (χ2v) is 8.86. The Balaban J connectivity index is 1.54. The molecule has 0 fully saturated rings. The van der Waals surface area contributed by atoms with Crippen LogP contribution in [0.1, 0.15) is 53.8 Å². The standard InChI is InChI=1S/C22H24N2O3S/c1-12-4-7-15(8-5-12)11-18(25)27-14(3)20-23-21(26)19-16-9-6-13(2)10-17(16)28-22(19)24-20/h4-5,7-8,13-14H,6,9-11H2,1-3H3,(H,23,24,26)/t13-,14+/m0/s1. The summed E-state index contributed by atoms with van der Waals surface area (Å²) < 4.78 is 5.53. The van der Waals surface area contributed by atoms with Gasteiger partial charge in [-0.1, -0.05) is 36.8 Å². The van der Waals surface area contributed by atoms with Gasteiger partial charge in [-0.25, -0.2) is 4.98 Å². The van der Waals surface area contributed by atoms with E-state index in [0.29, 0.717) is 17.1 Å². The van der Waals surface area contributed by atoms with Crippen LogP contribution in [0.25, 0.3) is 10.2 Å². The first kappa shape index (κ1) is 18.9. The van der Waals surface area contributed by atoms with Crippen LogP contribution in [0, 0.1) is 12.8 Å². The van der Waals surface area contributed by atoms with Gasteiger partial charge in [-0.15, -0.1) is 11.3 Å². The number of aryl methyl sites for hydroxylation is 2. The van der Waals surface area contributed by atoms with Crippen molar-refractivity contribution in [2.75, 3.05) is 0 Å². The van der Waals surface area contributed by atoms with Crippen LogP contribution in [0.4, 0.5) is 0 Å². The van der Waals surface area contributed by atoms with E-state index in [9.17, 15) is 9.59 Å². The van der Waals surface area contributed by atoms with Crippen molar-refractivity contribution in [3.63, 3.8) is 0 Å². The molecular formula is C22H24N2O3S. The SMILES string of the molecule is Cc1ccc(CC(=O)O[C@H](C)c2nc3sc4c(c3c(=O)[nH]2)CC[C@H](C)C4)cc1. The lowest BCUT2D eigenvalue weighted by atomic mass is 9.89. The molecule has 2 aromatic heterocycles. The van der Waals surface area contributed by atoms with E-state index in [1.54, 1.807) is 18.3 Å². The zero-order chi connectivity index (χ0) is 19.8. The molecular weight excluding hydrogens is 372 g/mol. The van der Waals surface area contributed by atoms with Gasteiger partial charge in [0.2, 0.25) is 0 Å². The molecule has 0 amide bonds. The summed E-state index contributed by atoms with van der Waals surface area (Å²) in [6.07, 6.45) is 2.64. The van der Waals surface area contributed by atoms with Gasteiger partial charge in [0.25, 0.3) is 5.56 Å². The molecule has 3 aromatic rings. The highest BCUT2D eigenvalue weighted by atomic mass is 32.1. The first-order valence-electron chi connectivity index (χ1n) is 9.70. The molecule has 1 aromatic carbocycles. The summed E-state index contributed by atoms with van der Waals surface area (Å²) in [6, 6.07) is 7.78. The Morgan fingerprint density at radius 2 is 2.11 bits per heavy atom. The van der Waals surface area contributed by atoms with Crippen LogP contribution in [0.3, 0.4) is 0 Å². The third-order valence-corrected chi connectivity index (χ3v) is 6.49. The molecule has 0 saturated carbocycles. The number of hydrogen-bond donors (Lipinski definition) is 1. The van der Waals surface area contributed by atoms with E-state index in [1.807, 2.05) is 31.2 Å². The summed E-state index contributed by atoms with van der Waals surface area (Å²) in [5.41, 5.74) is 3.07. The molecule has 0 unspecified atom stereocenters. The van der Waals surface area contributed by atoms with Gasteiger partial charge < -0.3 is 9.72 Å². The van der Waals surface area contributed by atoms with Crippen molar-refractivity contribution in [1.82, 2.24) is 9.97 Å². The number of benzene rings is 1. The van der Waals surface area contributed by atoms with Gasteiger partial charge in [0, 0.05) is 4.88 Å². The number of carbonyl (C=O) groups is 1. The molecule has 1 aliphatic rings. The number of esters is 1. The number of ether oxygens (including phenoxy) is 1. The van der Waals surface area contributed by atoms with E-state index in [1.165, 1.54) is 4.88 Å². The van der Waals surface area contributed by atoms with Gasteiger partial charge in [0.05, 0.1) is 11.8 Å². The molecule has 146 valence electrons. The number of thiophene rings is 1. The zero-order valence-corrected chi connectivity index (χ0v) is 17.2. The molecule has 28 heavy (non-hydrogen) atoms. The normalized spacial score (nSPS) is 17.3. The van der Waals surface area contributed by atoms with Gasteiger partial charge in [-0.2, -0.15) is 0 Å². The molecule has 2 heterocycles. The molecule has 0 aliphatic heterocycles. The summed E-state index contributed by atoms with van der Waals surface area (Å²) in [6.45, 7) is 5.99. The monoisotopic (exact) mass is 396 g/mol. The molecule has 0 spiro atoms. The summed E-state index contributed by atoms with van der Waals surface area (Å²) in [5, 5.41) is 0.717. The fraction of sp³-hybridized carbons (Fsp3) is 0.409. The number of aromatic nitrogens is 2. The second kappa shape index (κ2) is 7.51. The fourth-order valence-corrected chi connectivity index (χ4v) is 5.12. The van der Waals surface area contributed by atoms with Crippen molar-refractivity contribution in [3.8, 4) is 0 Å². The summed E-state index contributed by atoms with van der Waals surface area (Å²) in [4.78, 5) is 34.5. The molecule has 2 atom stereocenters. The second-order valence-electron chi connectivity index (χ2n) is 7.78. The predicted octanol–water partition coefficient (Wildman–Crippen LogP) is 4.26. The highest BCUT2D eigenvalue weighted by Crippen LogP contribution is 2.35. The Hall–Kier alpha value is -2.47. The highest BCUT2D eigenvalue weighted by molar-refractivity contribution is 7.18. The van der Waals surface area contributed by atoms with Crippen LogP contribution < -0.4 is 5.56 Å². The molecule has 0 bridgehead atoms. The topological polar surface area (TPSA) is 72.0 Å². The maximum absolute atomic E-state index is 12.7. The van der Waals surface area contributed by atoms with Crippen molar-refractivity contribution in [3.05, 3.63) is 62.0 Å². The van der Waals surface area contributed by atoms with Gasteiger partial charge in [-0.3, -0.25) is 9.59 Å². The average Bonchev–Trinajstić information content (AvgIpc) is 3.01. The van der Waals surface area contributed by atoms with Crippen molar-refractivity contribution >= 4 is 27.5 Å². The van der Waals surface area contributed by atoms with Crippen LogP contribution >= 0.6 is 11.3 Å². The number of rotatable bonds is 4. The Morgan fingerprint density at radius 1 is 1.36 bits per heavy atom. The number of carbonyl (C=O) groups excluding carboxylic acids is 1. The first-order valence-corrected chi connectivity index (χ1v) is 10.5. The van der Waals surface area contributed by atoms with E-state index in [4.69, 9.17) is 4.74 Å². The fourth-order valence-electron chi connectivity index (χ4n) is 3.73. The summed E-state index contributed by atoms with van der Waals surface area (Å²) in [7, 11) is 0. The number of aromatic amines is 1. The van der Waals surface area contributed by atoms with Crippen molar-refractivity contribution in [2.45, 2.75) is 52.6 Å². The smallest absolute Gasteiger partial charge is 0.310 e. The molecule has 0 saturated heterocycles. The van der Waals surface area contributed by atoms with E-state index < -0.39 is 6.10 Å². The lowest BCUT2D eigenvalue weighted by molar-refractivity contribution is -0.148. The minimum atomic E-state index is -0.604. The van der Waals surface area contributed by atoms with E-state index >= 15 is 0 Å². The maximum Gasteiger partial charge on any atom is 0.310 e. The Kier molecular flexibility index (Phi) is 5.06. The maximum atomic E-state index is 12.7. The molecule has 6 heteroatoms. The summed E-state index contributed by atoms with van der Waals surface area (Å²) >= 11 is 1.60. The van der Waals surface area contributed by atoms with Gasteiger partial charge in [-0.05, 0) is 50.2 Å². The van der Waals surface area contributed by atoms with Crippen LogP contribution in [-0.2, 0) is 28.8 Å². The van der Waals surface area contributed by atoms with E-state index in [2.05, 4.69) is 16.9 Å². The molecule has 0 radical (unpaired) electrons. The molecule has 5 nitrogen and oxygen atoms in total. The number of nitrogens with zero attached hydrogens (tertiary/aromatic N) is 1. The minimum absolute atomic E-state index is 0.131. The molecule has 1 N–H and O–H groups in total. The largest absolute Gasteiger partial charge is 0.454 e. The average molecular weight is 397 g/mol. The highest BCUT2D eigenvalue weighted by Gasteiger charge is 2.24. The van der Waals surface area contributed by atoms with Crippen molar-refractivity contribution in [2.24, 2.45) is 5.92 Å². The predicted molar refractivity (Wildman–Crippen MR) is 111 cm³/mol. The van der Waals surface area contributed by atoms with Crippen LogP contribution in [0.5, 0.6) is 0 Å². The zero-order valence-electron chi connectivity index (χ0n) is 16.4. The Morgan fingerprint density at radius 3 is 2.86 bits per heavy atom. The van der Waals surface area contributed by atoms with Gasteiger partial charge >= 0.3 is 5.97 Å². The molecule has 4 rings (SSSR count). The lowest BCUT2D eigenvalue weighted by Crippen LogP contribution is -2.18. The molecule has 1 aliphatic carbocycles. The third kappa shape index (κ3) is 3.74. The van der Waals surface area contributed by atoms with Crippen LogP contribution in [0.15, 0.2) is 29.1 Å². The van der Waals surface area contributed by atoms with Crippen LogP contribution in [-0.4, -0.2) is 15.9 Å². The number of H-pyrrole nitrogens is 1. The summed E-state index contributed by atoms with van der Waals surface area (Å²) in [5.74, 6) is 0.709. The third-order valence-electron chi connectivity index (χ3n) is 5.35. The van der Waals surface area contributed by atoms with Crippen molar-refractivity contribution in [1.29, 1.82) is 0 Å². The number of fused-ring (bicyclic) bond motifs is 3. The van der Waals surface area contributed by atoms with Gasteiger partial charge in [0.1, 0.15) is 4.83 Å². The minimum Gasteiger partial charge on any atom is -0.454 e. The number of hydrogen-bond acceptors (Lipinski definition) is 5. The van der Waals surface area contributed by atoms with E-state index in [-0.39, 0.29) is 17.9 Å².